The van der Waals surface area contributed by atoms with Crippen LogP contribution >= 0.6 is 0 Å². The molecule has 1 aromatic carbocycles. The lowest BCUT2D eigenvalue weighted by atomic mass is 10.2. The van der Waals surface area contributed by atoms with Gasteiger partial charge in [0, 0.05) is 11.4 Å². The van der Waals surface area contributed by atoms with Crippen LogP contribution in [0.4, 0.5) is 5.69 Å². The van der Waals surface area contributed by atoms with Crippen LogP contribution in [0.15, 0.2) is 60.8 Å². The molecule has 0 saturated carbocycles. The third-order valence-corrected chi connectivity index (χ3v) is 1.98. The maximum Gasteiger partial charge on any atom is 0.0384 e. The summed E-state index contributed by atoms with van der Waals surface area (Å²) in [5.41, 5.74) is 3.39. The first-order valence-electron chi connectivity index (χ1n) is 5.05. The second-order valence-corrected chi connectivity index (χ2v) is 3.35. The molecular formula is C14H17N. The Balaban J connectivity index is 2.78. The van der Waals surface area contributed by atoms with E-state index in [1.807, 2.05) is 25.2 Å². The molecule has 1 nitrogen and oxygen atoms in total. The van der Waals surface area contributed by atoms with E-state index in [2.05, 4.69) is 43.1 Å². The number of anilines is 1. The van der Waals surface area contributed by atoms with Crippen molar-refractivity contribution < 1.29 is 0 Å². The number of allylic oxidation sites excluding steroid dienone is 4. The molecule has 0 aliphatic carbocycles. The van der Waals surface area contributed by atoms with Gasteiger partial charge in [-0.05, 0) is 38.1 Å². The second-order valence-electron chi connectivity index (χ2n) is 3.35. The smallest absolute Gasteiger partial charge is 0.0384 e. The van der Waals surface area contributed by atoms with Gasteiger partial charge in [-0.1, -0.05) is 36.4 Å². The van der Waals surface area contributed by atoms with Gasteiger partial charge in [0.25, 0.3) is 0 Å². The topological polar surface area (TPSA) is 12.0 Å². The molecule has 0 aliphatic rings. The maximum atomic E-state index is 3.69. The number of aryl methyl sites for hydroxylation is 1. The van der Waals surface area contributed by atoms with E-state index in [4.69, 9.17) is 0 Å². The Morgan fingerprint density at radius 3 is 2.47 bits per heavy atom. The van der Waals surface area contributed by atoms with E-state index in [-0.39, 0.29) is 0 Å². The molecule has 0 aromatic heterocycles. The van der Waals surface area contributed by atoms with Crippen LogP contribution < -0.4 is 5.32 Å². The van der Waals surface area contributed by atoms with Crippen molar-refractivity contribution in [3.63, 3.8) is 0 Å². The number of hydrogen-bond acceptors (Lipinski definition) is 1. The van der Waals surface area contributed by atoms with Crippen LogP contribution in [-0.4, -0.2) is 0 Å². The van der Waals surface area contributed by atoms with Gasteiger partial charge in [0.2, 0.25) is 0 Å². The summed E-state index contributed by atoms with van der Waals surface area (Å²) in [6.07, 6.45) is 7.73. The Morgan fingerprint density at radius 1 is 1.27 bits per heavy atom. The molecular weight excluding hydrogens is 182 g/mol. The van der Waals surface area contributed by atoms with Crippen molar-refractivity contribution in [1.29, 1.82) is 0 Å². The predicted molar refractivity (Wildman–Crippen MR) is 67.9 cm³/mol. The standard InChI is InChI=1S/C14H17N/c1-4-6-13(7-5-2)15-14-10-8-12(3)9-11-14/h4-11,15H,1H2,2-3H3/b7-5-,13-6+. The molecule has 0 aliphatic heterocycles. The first-order chi connectivity index (χ1) is 7.26. The molecule has 0 radical (unpaired) electrons. The van der Waals surface area contributed by atoms with Crippen LogP contribution in [0, 0.1) is 6.92 Å². The van der Waals surface area contributed by atoms with Crippen molar-refractivity contribution in [2.75, 3.05) is 5.32 Å². The molecule has 0 heterocycles. The van der Waals surface area contributed by atoms with Crippen molar-refractivity contribution in [3.8, 4) is 0 Å². The van der Waals surface area contributed by atoms with E-state index in [1.165, 1.54) is 5.56 Å². The quantitative estimate of drug-likeness (QED) is 0.721. The Kier molecular flexibility index (Phi) is 4.42. The zero-order valence-corrected chi connectivity index (χ0v) is 9.33. The van der Waals surface area contributed by atoms with Crippen molar-refractivity contribution in [2.45, 2.75) is 13.8 Å². The highest BCUT2D eigenvalue weighted by Gasteiger charge is 1.92. The van der Waals surface area contributed by atoms with Gasteiger partial charge in [0.15, 0.2) is 0 Å². The zero-order chi connectivity index (χ0) is 11.1. The molecule has 1 rings (SSSR count). The highest BCUT2D eigenvalue weighted by atomic mass is 14.9. The molecule has 15 heavy (non-hydrogen) atoms. The van der Waals surface area contributed by atoms with Crippen molar-refractivity contribution >= 4 is 5.69 Å². The monoisotopic (exact) mass is 199 g/mol. The first-order valence-corrected chi connectivity index (χ1v) is 5.05. The van der Waals surface area contributed by atoms with E-state index in [1.54, 1.807) is 6.08 Å². The van der Waals surface area contributed by atoms with E-state index < -0.39 is 0 Å². The van der Waals surface area contributed by atoms with Gasteiger partial charge in [-0.3, -0.25) is 0 Å². The lowest BCUT2D eigenvalue weighted by Gasteiger charge is -2.06. The molecule has 1 heteroatoms. The third kappa shape index (κ3) is 3.86. The normalized spacial score (nSPS) is 11.7. The van der Waals surface area contributed by atoms with Crippen molar-refractivity contribution in [1.82, 2.24) is 0 Å². The van der Waals surface area contributed by atoms with E-state index in [0.29, 0.717) is 0 Å². The largest absolute Gasteiger partial charge is 0.356 e. The van der Waals surface area contributed by atoms with E-state index in [0.717, 1.165) is 11.4 Å². The van der Waals surface area contributed by atoms with Gasteiger partial charge >= 0.3 is 0 Å². The third-order valence-electron chi connectivity index (χ3n) is 1.98. The average Bonchev–Trinajstić information content (AvgIpc) is 2.22. The number of rotatable bonds is 4. The van der Waals surface area contributed by atoms with Gasteiger partial charge in [0.1, 0.15) is 0 Å². The Bertz CT molecular complexity index is 369. The molecule has 0 atom stereocenters. The minimum Gasteiger partial charge on any atom is -0.356 e. The molecule has 1 N–H and O–H groups in total. The highest BCUT2D eigenvalue weighted by Crippen LogP contribution is 2.12. The first kappa shape index (κ1) is 11.3. The summed E-state index contributed by atoms with van der Waals surface area (Å²) in [5.74, 6) is 0. The van der Waals surface area contributed by atoms with Gasteiger partial charge in [-0.25, -0.2) is 0 Å². The summed E-state index contributed by atoms with van der Waals surface area (Å²) in [4.78, 5) is 0. The Morgan fingerprint density at radius 2 is 1.93 bits per heavy atom. The average molecular weight is 199 g/mol. The Hall–Kier alpha value is -1.76. The summed E-state index contributed by atoms with van der Waals surface area (Å²) in [7, 11) is 0. The van der Waals surface area contributed by atoms with E-state index >= 15 is 0 Å². The fourth-order valence-electron chi connectivity index (χ4n) is 1.25. The molecule has 0 spiro atoms. The molecule has 1 aromatic rings. The molecule has 78 valence electrons. The van der Waals surface area contributed by atoms with Crippen LogP contribution in [0.25, 0.3) is 0 Å². The molecule has 0 saturated heterocycles. The summed E-state index contributed by atoms with van der Waals surface area (Å²) in [6, 6.07) is 8.30. The number of benzene rings is 1. The van der Waals surface area contributed by atoms with Crippen LogP contribution in [0.1, 0.15) is 12.5 Å². The second kappa shape index (κ2) is 5.86. The minimum absolute atomic E-state index is 1.04. The summed E-state index contributed by atoms with van der Waals surface area (Å²) in [6.45, 7) is 7.76. The maximum absolute atomic E-state index is 3.69. The van der Waals surface area contributed by atoms with Crippen LogP contribution in [0.3, 0.4) is 0 Å². The summed E-state index contributed by atoms with van der Waals surface area (Å²) < 4.78 is 0. The molecule has 0 fully saturated rings. The number of nitrogens with one attached hydrogen (secondary N) is 1. The molecule has 0 amide bonds. The lowest BCUT2D eigenvalue weighted by Crippen LogP contribution is -1.96. The minimum atomic E-state index is 1.04. The van der Waals surface area contributed by atoms with Crippen LogP contribution in [0.2, 0.25) is 0 Å². The van der Waals surface area contributed by atoms with Crippen LogP contribution in [0.5, 0.6) is 0 Å². The van der Waals surface area contributed by atoms with Gasteiger partial charge < -0.3 is 5.32 Å². The predicted octanol–water partition coefficient (Wildman–Crippen LogP) is 4.05. The molecule has 0 unspecified atom stereocenters. The van der Waals surface area contributed by atoms with Gasteiger partial charge in [-0.2, -0.15) is 0 Å². The van der Waals surface area contributed by atoms with Crippen molar-refractivity contribution in [2.24, 2.45) is 0 Å². The zero-order valence-electron chi connectivity index (χ0n) is 9.33. The van der Waals surface area contributed by atoms with Gasteiger partial charge in [0.05, 0.1) is 0 Å². The highest BCUT2D eigenvalue weighted by molar-refractivity contribution is 5.51. The molecule has 0 bridgehead atoms. The van der Waals surface area contributed by atoms with Gasteiger partial charge in [-0.15, -0.1) is 0 Å². The fraction of sp³-hybridized carbons (Fsp3) is 0.143. The summed E-state index contributed by atoms with van der Waals surface area (Å²) >= 11 is 0. The Labute approximate surface area is 91.8 Å². The van der Waals surface area contributed by atoms with Crippen LogP contribution in [-0.2, 0) is 0 Å². The summed E-state index contributed by atoms with van der Waals surface area (Å²) in [5, 5.41) is 3.31. The SMILES string of the molecule is C=C/C=C(\C=C/C)Nc1ccc(C)cc1. The van der Waals surface area contributed by atoms with E-state index in [9.17, 15) is 0 Å². The number of hydrogen-bond donors (Lipinski definition) is 1. The fourth-order valence-corrected chi connectivity index (χ4v) is 1.25. The van der Waals surface area contributed by atoms with Crippen molar-refractivity contribution in [3.05, 3.63) is 66.4 Å². The lowest BCUT2D eigenvalue weighted by molar-refractivity contribution is 1.42.